The van der Waals surface area contributed by atoms with Gasteiger partial charge in [-0.1, -0.05) is 85.6 Å². The maximum Gasteiger partial charge on any atom is 0.115 e. The molecule has 25 heavy (non-hydrogen) atoms. The number of aromatic hydroxyl groups is 1. The lowest BCUT2D eigenvalue weighted by Crippen LogP contribution is -2.08. The van der Waals surface area contributed by atoms with Gasteiger partial charge < -0.3 is 10.0 Å². The molecule has 2 nitrogen and oxygen atoms in total. The van der Waals surface area contributed by atoms with Gasteiger partial charge in [0, 0.05) is 0 Å². The van der Waals surface area contributed by atoms with Crippen molar-refractivity contribution in [2.24, 2.45) is 0 Å². The number of nitrogens with zero attached hydrogens (tertiary/aromatic N) is 1. The molecule has 0 aliphatic carbocycles. The summed E-state index contributed by atoms with van der Waals surface area (Å²) in [5, 5.41) is 9.25. The standard InChI is InChI=1S/C12H16O.C4H11N.C3H8.2C2H6/c1-3-10(4-2)8-11-6-5-7-12(13)9-11;1-4-5(2)3;1-3-2;2*1-2/h3,5-7,9,13H,4,8H2,1-2H3;4H2,1-3H3;3H2,1-2H3;2*1-2H3/b10-3+;;;;. The molecule has 0 saturated heterocycles. The van der Waals surface area contributed by atoms with Crippen LogP contribution in [0.3, 0.4) is 0 Å². The van der Waals surface area contributed by atoms with Crippen LogP contribution < -0.4 is 0 Å². The smallest absolute Gasteiger partial charge is 0.115 e. The van der Waals surface area contributed by atoms with E-state index in [2.05, 4.69) is 59.7 Å². The van der Waals surface area contributed by atoms with E-state index in [9.17, 15) is 5.11 Å². The minimum absolute atomic E-state index is 0.351. The van der Waals surface area contributed by atoms with Gasteiger partial charge in [0.15, 0.2) is 0 Å². The van der Waals surface area contributed by atoms with Gasteiger partial charge in [-0.05, 0) is 58.1 Å². The molecule has 1 rings (SSSR count). The molecule has 1 aromatic rings. The highest BCUT2D eigenvalue weighted by Crippen LogP contribution is 2.15. The van der Waals surface area contributed by atoms with Crippen LogP contribution in [-0.2, 0) is 6.42 Å². The molecule has 0 fully saturated rings. The number of hydrogen-bond acceptors (Lipinski definition) is 2. The molecule has 0 bridgehead atoms. The first kappa shape index (κ1) is 31.5. The van der Waals surface area contributed by atoms with Crippen LogP contribution in [0.1, 0.15) is 80.7 Å². The van der Waals surface area contributed by atoms with Crippen molar-refractivity contribution >= 4 is 0 Å². The van der Waals surface area contributed by atoms with E-state index in [-0.39, 0.29) is 0 Å². The summed E-state index contributed by atoms with van der Waals surface area (Å²) in [6.07, 6.45) is 5.41. The van der Waals surface area contributed by atoms with Gasteiger partial charge in [-0.3, -0.25) is 0 Å². The Morgan fingerprint density at radius 1 is 1.00 bits per heavy atom. The Morgan fingerprint density at radius 2 is 1.44 bits per heavy atom. The summed E-state index contributed by atoms with van der Waals surface area (Å²) in [7, 11) is 4.11. The van der Waals surface area contributed by atoms with Gasteiger partial charge >= 0.3 is 0 Å². The Balaban J connectivity index is -0.000000153. The first-order valence-electron chi connectivity index (χ1n) is 10.0. The molecule has 0 radical (unpaired) electrons. The zero-order valence-electron chi connectivity index (χ0n) is 19.1. The van der Waals surface area contributed by atoms with Crippen LogP contribution in [0.15, 0.2) is 35.9 Å². The number of rotatable bonds is 4. The minimum Gasteiger partial charge on any atom is -0.508 e. The molecular weight excluding hydrogens is 306 g/mol. The second-order valence-corrected chi connectivity index (χ2v) is 5.25. The molecule has 0 aromatic heterocycles. The summed E-state index contributed by atoms with van der Waals surface area (Å²) < 4.78 is 0. The Hall–Kier alpha value is -1.28. The van der Waals surface area contributed by atoms with Crippen molar-refractivity contribution in [1.29, 1.82) is 0 Å². The number of phenols is 1. The molecule has 150 valence electrons. The van der Waals surface area contributed by atoms with E-state index in [0.717, 1.165) is 19.4 Å². The fourth-order valence-corrected chi connectivity index (χ4v) is 1.36. The van der Waals surface area contributed by atoms with Gasteiger partial charge in [0.2, 0.25) is 0 Å². The number of hydrogen-bond donors (Lipinski definition) is 1. The van der Waals surface area contributed by atoms with Crippen molar-refractivity contribution in [3.05, 3.63) is 41.5 Å². The summed E-state index contributed by atoms with van der Waals surface area (Å²) in [5.41, 5.74) is 2.58. The number of phenolic OH excluding ortho intramolecular Hbond substituents is 1. The molecule has 0 unspecified atom stereocenters. The van der Waals surface area contributed by atoms with Gasteiger partial charge in [0.25, 0.3) is 0 Å². The average Bonchev–Trinajstić information content (AvgIpc) is 2.64. The molecule has 0 aliphatic heterocycles. The molecule has 2 heteroatoms. The second kappa shape index (κ2) is 27.6. The molecule has 0 spiro atoms. The highest BCUT2D eigenvalue weighted by Gasteiger charge is 1.97. The maximum atomic E-state index is 9.25. The first-order chi connectivity index (χ1) is 11.9. The van der Waals surface area contributed by atoms with Crippen LogP contribution in [0.5, 0.6) is 5.75 Å². The molecule has 0 heterocycles. The highest BCUT2D eigenvalue weighted by atomic mass is 16.3. The van der Waals surface area contributed by atoms with E-state index >= 15 is 0 Å². The highest BCUT2D eigenvalue weighted by molar-refractivity contribution is 5.30. The summed E-state index contributed by atoms with van der Waals surface area (Å²) in [4.78, 5) is 2.12. The van der Waals surface area contributed by atoms with E-state index in [1.165, 1.54) is 17.6 Å². The lowest BCUT2D eigenvalue weighted by Gasteiger charge is -2.04. The number of allylic oxidation sites excluding steroid dienone is 2. The third-order valence-corrected chi connectivity index (χ3v) is 2.84. The monoisotopic (exact) mass is 353 g/mol. The summed E-state index contributed by atoms with van der Waals surface area (Å²) in [6, 6.07) is 7.44. The predicted octanol–water partition coefficient (Wildman–Crippen LogP) is 7.33. The molecule has 0 saturated carbocycles. The van der Waals surface area contributed by atoms with Crippen LogP contribution in [0.25, 0.3) is 0 Å². The second-order valence-electron chi connectivity index (χ2n) is 5.25. The molecule has 0 amide bonds. The van der Waals surface area contributed by atoms with Crippen molar-refractivity contribution in [2.45, 2.75) is 81.6 Å². The van der Waals surface area contributed by atoms with Crippen molar-refractivity contribution < 1.29 is 5.11 Å². The van der Waals surface area contributed by atoms with Gasteiger partial charge in [0.05, 0.1) is 0 Å². The molecular formula is C23H47NO. The van der Waals surface area contributed by atoms with Crippen LogP contribution in [0.2, 0.25) is 0 Å². The van der Waals surface area contributed by atoms with Crippen molar-refractivity contribution in [3.63, 3.8) is 0 Å². The Kier molecular flexibility index (Phi) is 34.7. The van der Waals surface area contributed by atoms with Gasteiger partial charge in [-0.15, -0.1) is 0 Å². The van der Waals surface area contributed by atoms with Gasteiger partial charge in [-0.25, -0.2) is 0 Å². The van der Waals surface area contributed by atoms with Crippen LogP contribution in [-0.4, -0.2) is 30.6 Å². The third kappa shape index (κ3) is 27.8. The van der Waals surface area contributed by atoms with Gasteiger partial charge in [-0.2, -0.15) is 0 Å². The zero-order chi connectivity index (χ0) is 20.7. The quantitative estimate of drug-likeness (QED) is 0.573. The van der Waals surface area contributed by atoms with Crippen molar-refractivity contribution in [3.8, 4) is 5.75 Å². The maximum absolute atomic E-state index is 9.25. The Labute approximate surface area is 160 Å². The van der Waals surface area contributed by atoms with E-state index in [0.29, 0.717) is 5.75 Å². The molecule has 0 atom stereocenters. The lowest BCUT2D eigenvalue weighted by atomic mass is 10.0. The molecule has 0 aliphatic rings. The van der Waals surface area contributed by atoms with E-state index < -0.39 is 0 Å². The SMILES string of the molecule is C/C=C(\CC)Cc1cccc(O)c1.CC.CC.CCC.CCN(C)C. The predicted molar refractivity (Wildman–Crippen MR) is 119 cm³/mol. The lowest BCUT2D eigenvalue weighted by molar-refractivity contribution is 0.434. The fourth-order valence-electron chi connectivity index (χ4n) is 1.36. The first-order valence-corrected chi connectivity index (χ1v) is 10.0. The largest absolute Gasteiger partial charge is 0.508 e. The zero-order valence-corrected chi connectivity index (χ0v) is 19.1. The summed E-state index contributed by atoms with van der Waals surface area (Å²) >= 11 is 0. The van der Waals surface area contributed by atoms with Crippen LogP contribution in [0, 0.1) is 0 Å². The van der Waals surface area contributed by atoms with E-state index in [4.69, 9.17) is 0 Å². The van der Waals surface area contributed by atoms with Crippen LogP contribution in [0.4, 0.5) is 0 Å². The van der Waals surface area contributed by atoms with E-state index in [1.807, 2.05) is 45.9 Å². The molecule has 1 aromatic carbocycles. The van der Waals surface area contributed by atoms with Crippen molar-refractivity contribution in [2.75, 3.05) is 20.6 Å². The number of benzene rings is 1. The summed E-state index contributed by atoms with van der Waals surface area (Å²) in [6.45, 7) is 19.7. The molecule has 1 N–H and O–H groups in total. The summed E-state index contributed by atoms with van der Waals surface area (Å²) in [5.74, 6) is 0.351. The van der Waals surface area contributed by atoms with Crippen molar-refractivity contribution in [1.82, 2.24) is 4.90 Å². The van der Waals surface area contributed by atoms with Crippen LogP contribution >= 0.6 is 0 Å². The fraction of sp³-hybridized carbons (Fsp3) is 0.652. The normalized spacial score (nSPS) is 9.20. The van der Waals surface area contributed by atoms with E-state index in [1.54, 1.807) is 6.07 Å². The van der Waals surface area contributed by atoms with Gasteiger partial charge in [0.1, 0.15) is 5.75 Å². The average molecular weight is 354 g/mol. The topological polar surface area (TPSA) is 23.5 Å². The minimum atomic E-state index is 0.351. The Bertz CT molecular complexity index is 370. The third-order valence-electron chi connectivity index (χ3n) is 2.84. The Morgan fingerprint density at radius 3 is 1.72 bits per heavy atom.